The van der Waals surface area contributed by atoms with Gasteiger partial charge in [-0.1, -0.05) is 58.3 Å². The third-order valence-corrected chi connectivity index (χ3v) is 4.41. The van der Waals surface area contributed by atoms with Gasteiger partial charge in [0.15, 0.2) is 10.8 Å². The van der Waals surface area contributed by atoms with Gasteiger partial charge in [-0.25, -0.2) is 4.98 Å². The molecule has 1 aromatic rings. The highest BCUT2D eigenvalue weighted by atomic mass is 32.1. The van der Waals surface area contributed by atoms with E-state index in [1.165, 1.54) is 37.0 Å². The van der Waals surface area contributed by atoms with E-state index in [1.54, 1.807) is 6.92 Å². The van der Waals surface area contributed by atoms with Crippen molar-refractivity contribution in [2.75, 3.05) is 0 Å². The Morgan fingerprint density at radius 1 is 1.19 bits per heavy atom. The number of carbonyl (C=O) groups is 1. The number of hydrogen-bond donors (Lipinski definition) is 0. The molecule has 0 aromatic carbocycles. The first kappa shape index (κ1) is 17.9. The zero-order valence-corrected chi connectivity index (χ0v) is 14.4. The second-order valence-electron chi connectivity index (χ2n) is 5.47. The number of aromatic nitrogens is 1. The van der Waals surface area contributed by atoms with Crippen LogP contribution in [0.2, 0.25) is 0 Å². The molecule has 0 amide bonds. The van der Waals surface area contributed by atoms with Crippen LogP contribution in [-0.4, -0.2) is 10.8 Å². The summed E-state index contributed by atoms with van der Waals surface area (Å²) < 4.78 is 0. The lowest BCUT2D eigenvalue weighted by molar-refractivity contribution is 0.0899. The molecule has 1 heterocycles. The molecule has 0 saturated carbocycles. The van der Waals surface area contributed by atoms with Gasteiger partial charge in [-0.05, 0) is 25.7 Å². The van der Waals surface area contributed by atoms with Crippen molar-refractivity contribution in [3.05, 3.63) is 16.1 Å². The third-order valence-electron chi connectivity index (χ3n) is 3.65. The molecule has 116 valence electrons. The summed E-state index contributed by atoms with van der Waals surface area (Å²) in [6.45, 7) is 6.16. The number of rotatable bonds is 10. The number of hydrogen-bond acceptors (Lipinski definition) is 3. The van der Waals surface area contributed by atoms with Gasteiger partial charge < -0.3 is 0 Å². The molecular weight excluding hydrogens is 278 g/mol. The fourth-order valence-electron chi connectivity index (χ4n) is 2.51. The van der Waals surface area contributed by atoms with E-state index in [-0.39, 0.29) is 11.7 Å². The topological polar surface area (TPSA) is 30.0 Å². The number of carbonyl (C=O) groups excluding carboxylic acids is 1. The Balaban J connectivity index is 2.56. The van der Waals surface area contributed by atoms with Crippen LogP contribution >= 0.6 is 11.3 Å². The van der Waals surface area contributed by atoms with E-state index >= 15 is 0 Å². The number of nitrogens with zero attached hydrogens (tertiary/aromatic N) is 1. The Morgan fingerprint density at radius 2 is 1.95 bits per heavy atom. The molecule has 2 nitrogen and oxygen atoms in total. The summed E-state index contributed by atoms with van der Waals surface area (Å²) >= 11 is 1.47. The zero-order valence-electron chi connectivity index (χ0n) is 13.6. The van der Waals surface area contributed by atoms with E-state index in [2.05, 4.69) is 30.7 Å². The first-order chi connectivity index (χ1) is 10.2. The summed E-state index contributed by atoms with van der Waals surface area (Å²) in [5.41, 5.74) is 0.616. The highest BCUT2D eigenvalue weighted by Gasteiger charge is 2.21. The summed E-state index contributed by atoms with van der Waals surface area (Å²) in [6, 6.07) is 0. The Hall–Kier alpha value is -1.14. The molecule has 0 bridgehead atoms. The second-order valence-corrected chi connectivity index (χ2v) is 6.32. The third kappa shape index (κ3) is 6.44. The van der Waals surface area contributed by atoms with Crippen molar-refractivity contribution in [3.63, 3.8) is 0 Å². The lowest BCUT2D eigenvalue weighted by Gasteiger charge is -2.13. The Morgan fingerprint density at radius 3 is 2.62 bits per heavy atom. The van der Waals surface area contributed by atoms with Gasteiger partial charge in [-0.2, -0.15) is 0 Å². The summed E-state index contributed by atoms with van der Waals surface area (Å²) in [6.07, 6.45) is 9.28. The van der Waals surface area contributed by atoms with E-state index in [0.717, 1.165) is 30.7 Å². The van der Waals surface area contributed by atoms with E-state index in [9.17, 15) is 4.79 Å². The van der Waals surface area contributed by atoms with Gasteiger partial charge >= 0.3 is 0 Å². The Labute approximate surface area is 133 Å². The van der Waals surface area contributed by atoms with Crippen LogP contribution in [0.15, 0.2) is 5.38 Å². The first-order valence-corrected chi connectivity index (χ1v) is 9.03. The molecule has 1 rings (SSSR count). The molecule has 0 spiro atoms. The average molecular weight is 305 g/mol. The number of unbranched alkanes of at least 4 members (excludes halogenated alkanes) is 4. The van der Waals surface area contributed by atoms with Gasteiger partial charge in [0, 0.05) is 11.3 Å². The summed E-state index contributed by atoms with van der Waals surface area (Å²) in [5.74, 6) is 6.11. The highest BCUT2D eigenvalue weighted by molar-refractivity contribution is 7.10. The molecule has 0 fully saturated rings. The van der Waals surface area contributed by atoms with Crippen LogP contribution in [0.1, 0.15) is 87.6 Å². The molecule has 0 aliphatic rings. The molecule has 1 unspecified atom stereocenters. The summed E-state index contributed by atoms with van der Waals surface area (Å²) in [5, 5.41) is 2.61. The number of thiazole rings is 1. The maximum absolute atomic E-state index is 12.6. The van der Waals surface area contributed by atoms with Crippen LogP contribution < -0.4 is 0 Å². The fourth-order valence-corrected chi connectivity index (χ4v) is 3.21. The van der Waals surface area contributed by atoms with Crippen molar-refractivity contribution >= 4 is 17.1 Å². The molecule has 0 N–H and O–H groups in total. The van der Waals surface area contributed by atoms with Crippen LogP contribution in [-0.2, 0) is 0 Å². The largest absolute Gasteiger partial charge is 0.292 e. The maximum Gasteiger partial charge on any atom is 0.185 e. The van der Waals surface area contributed by atoms with Crippen molar-refractivity contribution in [2.24, 2.45) is 5.92 Å². The predicted octanol–water partition coefficient (Wildman–Crippen LogP) is 5.47. The molecule has 21 heavy (non-hydrogen) atoms. The van der Waals surface area contributed by atoms with Crippen LogP contribution in [0.5, 0.6) is 0 Å². The minimum absolute atomic E-state index is 0.140. The second kappa shape index (κ2) is 10.6. The monoisotopic (exact) mass is 305 g/mol. The molecule has 0 radical (unpaired) electrons. The van der Waals surface area contributed by atoms with Crippen LogP contribution in [0.4, 0.5) is 0 Å². The average Bonchev–Trinajstić information content (AvgIpc) is 2.94. The highest BCUT2D eigenvalue weighted by Crippen LogP contribution is 2.22. The zero-order chi connectivity index (χ0) is 15.5. The summed E-state index contributed by atoms with van der Waals surface area (Å²) in [4.78, 5) is 16.9. The normalized spacial score (nSPS) is 11.8. The van der Waals surface area contributed by atoms with Crippen molar-refractivity contribution < 1.29 is 4.79 Å². The first-order valence-electron chi connectivity index (χ1n) is 8.15. The molecule has 0 saturated heterocycles. The lowest BCUT2D eigenvalue weighted by atomic mass is 9.91. The lowest BCUT2D eigenvalue weighted by Crippen LogP contribution is -2.15. The van der Waals surface area contributed by atoms with Crippen molar-refractivity contribution in [1.82, 2.24) is 4.98 Å². The van der Waals surface area contributed by atoms with Crippen LogP contribution in [0.25, 0.3) is 0 Å². The van der Waals surface area contributed by atoms with Crippen molar-refractivity contribution in [2.45, 2.75) is 72.1 Å². The van der Waals surface area contributed by atoms with Crippen LogP contribution in [0, 0.1) is 17.8 Å². The van der Waals surface area contributed by atoms with Gasteiger partial charge in [-0.3, -0.25) is 4.79 Å². The molecule has 1 aromatic heterocycles. The number of Topliss-reactive ketones (excluding diaryl/α,β-unsaturated/α-hetero) is 1. The predicted molar refractivity (Wildman–Crippen MR) is 90.8 cm³/mol. The molecular formula is C18H27NOS. The van der Waals surface area contributed by atoms with Crippen molar-refractivity contribution in [3.8, 4) is 11.8 Å². The van der Waals surface area contributed by atoms with Gasteiger partial charge in [0.1, 0.15) is 5.69 Å². The van der Waals surface area contributed by atoms with Gasteiger partial charge in [-0.15, -0.1) is 11.3 Å². The van der Waals surface area contributed by atoms with Gasteiger partial charge in [0.25, 0.3) is 0 Å². The molecule has 0 aliphatic carbocycles. The van der Waals surface area contributed by atoms with Gasteiger partial charge in [0.05, 0.1) is 0 Å². The van der Waals surface area contributed by atoms with Crippen molar-refractivity contribution in [1.29, 1.82) is 0 Å². The molecule has 0 aliphatic heterocycles. The fraction of sp³-hybridized carbons (Fsp3) is 0.667. The summed E-state index contributed by atoms with van der Waals surface area (Å²) in [7, 11) is 0. The van der Waals surface area contributed by atoms with E-state index in [4.69, 9.17) is 0 Å². The van der Waals surface area contributed by atoms with E-state index in [0.29, 0.717) is 5.69 Å². The molecule has 1 atom stereocenters. The van der Waals surface area contributed by atoms with E-state index in [1.807, 2.05) is 5.38 Å². The quantitative estimate of drug-likeness (QED) is 0.326. The van der Waals surface area contributed by atoms with Crippen LogP contribution in [0.3, 0.4) is 0 Å². The Bertz CT molecular complexity index is 481. The van der Waals surface area contributed by atoms with Gasteiger partial charge in [0.2, 0.25) is 0 Å². The molecule has 3 heteroatoms. The van der Waals surface area contributed by atoms with E-state index < -0.39 is 0 Å². The minimum Gasteiger partial charge on any atom is -0.292 e. The smallest absolute Gasteiger partial charge is 0.185 e. The number of ketones is 1. The SMILES string of the molecule is CC#Cc1nc(C(=O)C(CCC)CCCCCCC)cs1. The minimum atomic E-state index is 0.140. The standard InChI is InChI=1S/C18H27NOS/c1-4-7-8-9-10-13-15(11-5-2)18(20)16-14-21-17(19-16)12-6-3/h14-15H,4-5,7-11,13H2,1-3H3. The Kier molecular flexibility index (Phi) is 9.01. The maximum atomic E-state index is 12.6.